The van der Waals surface area contributed by atoms with Gasteiger partial charge in [0.2, 0.25) is 0 Å². The van der Waals surface area contributed by atoms with Crippen molar-refractivity contribution in [3.63, 3.8) is 0 Å². The van der Waals surface area contributed by atoms with Crippen molar-refractivity contribution < 1.29 is 0 Å². The van der Waals surface area contributed by atoms with Gasteiger partial charge in [0.15, 0.2) is 0 Å². The minimum atomic E-state index is 0.861. The lowest BCUT2D eigenvalue weighted by Crippen LogP contribution is -2.27. The number of fused-ring (bicyclic) bond motifs is 1. The summed E-state index contributed by atoms with van der Waals surface area (Å²) in [5.74, 6) is 1.04. The van der Waals surface area contributed by atoms with Crippen molar-refractivity contribution in [3.8, 4) is 0 Å². The van der Waals surface area contributed by atoms with Crippen LogP contribution in [-0.2, 0) is 13.1 Å². The predicted molar refractivity (Wildman–Crippen MR) is 43.1 cm³/mol. The van der Waals surface area contributed by atoms with E-state index in [2.05, 4.69) is 20.1 Å². The van der Waals surface area contributed by atoms with Crippen LogP contribution in [0, 0.1) is 0 Å². The van der Waals surface area contributed by atoms with E-state index in [1.807, 2.05) is 13.8 Å². The lowest BCUT2D eigenvalue weighted by molar-refractivity contribution is 0.505. The zero-order chi connectivity index (χ0) is 8.10. The summed E-state index contributed by atoms with van der Waals surface area (Å²) < 4.78 is 2.07. The Morgan fingerprint density at radius 3 is 3.09 bits per heavy atom. The van der Waals surface area contributed by atoms with Crippen molar-refractivity contribution in [1.82, 2.24) is 20.1 Å². The molecule has 1 aromatic rings. The Morgan fingerprint density at radius 2 is 2.36 bits per heavy atom. The van der Waals surface area contributed by atoms with Crippen LogP contribution in [0.2, 0.25) is 0 Å². The van der Waals surface area contributed by atoms with Gasteiger partial charge in [-0.1, -0.05) is 13.8 Å². The fraction of sp³-hybridized carbons (Fsp3) is 0.714. The molecule has 0 bridgehead atoms. The van der Waals surface area contributed by atoms with E-state index < -0.39 is 0 Å². The maximum absolute atomic E-state index is 3.91. The van der Waals surface area contributed by atoms with E-state index in [1.54, 1.807) is 6.33 Å². The number of hydrogen-bond acceptors (Lipinski definition) is 3. The molecule has 0 aromatic carbocycles. The predicted octanol–water partition coefficient (Wildman–Crippen LogP) is 0.408. The second-order valence-corrected chi connectivity index (χ2v) is 2.12. The van der Waals surface area contributed by atoms with Crippen molar-refractivity contribution in [2.24, 2.45) is 0 Å². The monoisotopic (exact) mass is 154 g/mol. The van der Waals surface area contributed by atoms with Crippen LogP contribution in [0.1, 0.15) is 19.7 Å². The number of rotatable bonds is 0. The van der Waals surface area contributed by atoms with E-state index in [0.717, 1.165) is 25.5 Å². The standard InChI is InChI=1S/C5H8N4.C2H6/c1-2-9-4-7-8-5(9)3-6-1;1-2/h4,6H,1-3H2;1-2H3. The molecule has 0 radical (unpaired) electrons. The molecule has 0 aliphatic carbocycles. The molecule has 0 unspecified atom stereocenters. The van der Waals surface area contributed by atoms with Crippen LogP contribution in [0.4, 0.5) is 0 Å². The van der Waals surface area contributed by atoms with Crippen LogP contribution >= 0.6 is 0 Å². The molecule has 2 heterocycles. The average molecular weight is 154 g/mol. The molecule has 4 nitrogen and oxygen atoms in total. The van der Waals surface area contributed by atoms with Crippen LogP contribution in [0.5, 0.6) is 0 Å². The zero-order valence-corrected chi connectivity index (χ0v) is 7.04. The number of aromatic nitrogens is 3. The van der Waals surface area contributed by atoms with Crippen molar-refractivity contribution >= 4 is 0 Å². The molecule has 0 fully saturated rings. The SMILES string of the molecule is CC.c1nnc2n1CCNC2. The van der Waals surface area contributed by atoms with Gasteiger partial charge >= 0.3 is 0 Å². The molecule has 1 aliphatic heterocycles. The van der Waals surface area contributed by atoms with E-state index in [1.165, 1.54) is 0 Å². The molecule has 62 valence electrons. The first kappa shape index (κ1) is 8.20. The van der Waals surface area contributed by atoms with Crippen molar-refractivity contribution in [3.05, 3.63) is 12.2 Å². The van der Waals surface area contributed by atoms with Gasteiger partial charge in [0, 0.05) is 13.1 Å². The van der Waals surface area contributed by atoms with E-state index in [4.69, 9.17) is 0 Å². The lowest BCUT2D eigenvalue weighted by atomic mass is 10.4. The average Bonchev–Trinajstić information content (AvgIpc) is 2.55. The minimum Gasteiger partial charge on any atom is -0.315 e. The van der Waals surface area contributed by atoms with Crippen LogP contribution in [0.15, 0.2) is 6.33 Å². The molecule has 0 spiro atoms. The number of nitrogens with zero attached hydrogens (tertiary/aromatic N) is 3. The third-order valence-corrected chi connectivity index (χ3v) is 1.51. The second kappa shape index (κ2) is 4.08. The molecule has 0 saturated heterocycles. The Morgan fingerprint density at radius 1 is 1.55 bits per heavy atom. The van der Waals surface area contributed by atoms with Gasteiger partial charge in [-0.05, 0) is 0 Å². The first-order valence-corrected chi connectivity index (χ1v) is 4.04. The van der Waals surface area contributed by atoms with Crippen molar-refractivity contribution in [2.75, 3.05) is 6.54 Å². The number of hydrogen-bond donors (Lipinski definition) is 1. The van der Waals surface area contributed by atoms with E-state index in [9.17, 15) is 0 Å². The van der Waals surface area contributed by atoms with Crippen molar-refractivity contribution in [1.29, 1.82) is 0 Å². The van der Waals surface area contributed by atoms with Gasteiger partial charge in [-0.15, -0.1) is 10.2 Å². The summed E-state index contributed by atoms with van der Waals surface area (Å²) in [4.78, 5) is 0. The Labute approximate surface area is 66.6 Å². The highest BCUT2D eigenvalue weighted by molar-refractivity contribution is 4.87. The summed E-state index contributed by atoms with van der Waals surface area (Å²) in [6.45, 7) is 6.90. The highest BCUT2D eigenvalue weighted by Crippen LogP contribution is 1.97. The third kappa shape index (κ3) is 1.77. The van der Waals surface area contributed by atoms with E-state index in [-0.39, 0.29) is 0 Å². The number of nitrogens with one attached hydrogen (secondary N) is 1. The first-order valence-electron chi connectivity index (χ1n) is 4.04. The zero-order valence-electron chi connectivity index (χ0n) is 7.04. The Kier molecular flexibility index (Phi) is 3.04. The molecule has 1 aromatic heterocycles. The van der Waals surface area contributed by atoms with Crippen LogP contribution in [0.25, 0.3) is 0 Å². The summed E-state index contributed by atoms with van der Waals surface area (Å²) in [5, 5.41) is 10.9. The normalized spacial score (nSPS) is 14.7. The molecule has 0 saturated carbocycles. The van der Waals surface area contributed by atoms with E-state index >= 15 is 0 Å². The van der Waals surface area contributed by atoms with Crippen LogP contribution in [-0.4, -0.2) is 21.3 Å². The summed E-state index contributed by atoms with van der Waals surface area (Å²) in [6, 6.07) is 0. The molecular formula is C7H14N4. The summed E-state index contributed by atoms with van der Waals surface area (Å²) in [6.07, 6.45) is 1.77. The smallest absolute Gasteiger partial charge is 0.146 e. The van der Waals surface area contributed by atoms with Gasteiger partial charge in [-0.25, -0.2) is 0 Å². The van der Waals surface area contributed by atoms with Gasteiger partial charge in [-0.3, -0.25) is 0 Å². The Hall–Kier alpha value is -0.900. The van der Waals surface area contributed by atoms with Crippen molar-refractivity contribution in [2.45, 2.75) is 26.9 Å². The molecule has 11 heavy (non-hydrogen) atoms. The van der Waals surface area contributed by atoms with Crippen LogP contribution < -0.4 is 5.32 Å². The Balaban J connectivity index is 0.000000281. The lowest BCUT2D eigenvalue weighted by Gasteiger charge is -2.12. The molecule has 4 heteroatoms. The van der Waals surface area contributed by atoms with Gasteiger partial charge < -0.3 is 9.88 Å². The first-order chi connectivity index (χ1) is 5.47. The summed E-state index contributed by atoms with van der Waals surface area (Å²) in [7, 11) is 0. The topological polar surface area (TPSA) is 42.7 Å². The maximum Gasteiger partial charge on any atom is 0.146 e. The van der Waals surface area contributed by atoms with Crippen LogP contribution in [0.3, 0.4) is 0 Å². The molecular weight excluding hydrogens is 140 g/mol. The van der Waals surface area contributed by atoms with Gasteiger partial charge in [0.25, 0.3) is 0 Å². The van der Waals surface area contributed by atoms with Gasteiger partial charge in [0.05, 0.1) is 6.54 Å². The summed E-state index contributed by atoms with van der Waals surface area (Å²) in [5.41, 5.74) is 0. The molecule has 1 aliphatic rings. The molecule has 0 amide bonds. The third-order valence-electron chi connectivity index (χ3n) is 1.51. The quantitative estimate of drug-likeness (QED) is 0.588. The summed E-state index contributed by atoms with van der Waals surface area (Å²) >= 11 is 0. The van der Waals surface area contributed by atoms with Gasteiger partial charge in [-0.2, -0.15) is 0 Å². The fourth-order valence-electron chi connectivity index (χ4n) is 1.00. The second-order valence-electron chi connectivity index (χ2n) is 2.12. The van der Waals surface area contributed by atoms with E-state index in [0.29, 0.717) is 0 Å². The Bertz CT molecular complexity index is 185. The fourth-order valence-corrected chi connectivity index (χ4v) is 1.00. The largest absolute Gasteiger partial charge is 0.315 e. The highest BCUT2D eigenvalue weighted by atomic mass is 15.3. The molecule has 1 N–H and O–H groups in total. The maximum atomic E-state index is 3.91. The highest BCUT2D eigenvalue weighted by Gasteiger charge is 2.06. The minimum absolute atomic E-state index is 0.861. The van der Waals surface area contributed by atoms with Gasteiger partial charge in [0.1, 0.15) is 12.2 Å². The molecule has 0 atom stereocenters. The molecule has 2 rings (SSSR count).